The summed E-state index contributed by atoms with van der Waals surface area (Å²) in [6.07, 6.45) is 2.07. The summed E-state index contributed by atoms with van der Waals surface area (Å²) in [5.74, 6) is -0.110. The molecule has 0 saturated carbocycles. The van der Waals surface area contributed by atoms with E-state index in [4.69, 9.17) is 9.47 Å². The lowest BCUT2D eigenvalue weighted by atomic mass is 10.2. The Kier molecular flexibility index (Phi) is 8.70. The summed E-state index contributed by atoms with van der Waals surface area (Å²) in [5.41, 5.74) is 0. The molecule has 0 aromatic heterocycles. The van der Waals surface area contributed by atoms with Crippen LogP contribution in [0, 0.1) is 0 Å². The van der Waals surface area contributed by atoms with Crippen molar-refractivity contribution < 1.29 is 14.3 Å². The van der Waals surface area contributed by atoms with Gasteiger partial charge in [0.25, 0.3) is 0 Å². The molecule has 0 spiro atoms. The van der Waals surface area contributed by atoms with Crippen LogP contribution < -0.4 is 0 Å². The molecule has 0 N–H and O–H groups in total. The first-order chi connectivity index (χ1) is 8.06. The zero-order chi connectivity index (χ0) is 13.3. The highest BCUT2D eigenvalue weighted by atomic mass is 32.2. The first-order valence-electron chi connectivity index (χ1n) is 6.49. The van der Waals surface area contributed by atoms with E-state index >= 15 is 0 Å². The molecule has 1 fully saturated rings. The van der Waals surface area contributed by atoms with Gasteiger partial charge in [0, 0.05) is 18.5 Å². The van der Waals surface area contributed by atoms with Gasteiger partial charge in [-0.15, -0.1) is 11.8 Å². The van der Waals surface area contributed by atoms with Gasteiger partial charge in [-0.05, 0) is 33.6 Å². The molecule has 0 aromatic rings. The Morgan fingerprint density at radius 3 is 2.35 bits per heavy atom. The summed E-state index contributed by atoms with van der Waals surface area (Å²) in [7, 11) is 0. The maximum atomic E-state index is 11.7. The number of esters is 1. The molecule has 4 heteroatoms. The van der Waals surface area contributed by atoms with Crippen molar-refractivity contribution in [2.75, 3.05) is 19.8 Å². The molecule has 0 amide bonds. The Hall–Kier alpha value is -0.220. The topological polar surface area (TPSA) is 35.5 Å². The standard InChI is InChI=1S/C11H20O3S.C2H6/c1-4-14-10(12)11(2,3)15-9-5-7-13-8-6-9;1-2/h9H,4-8H2,1-3H3;1-2H3. The highest BCUT2D eigenvalue weighted by Crippen LogP contribution is 2.34. The van der Waals surface area contributed by atoms with E-state index in [0.717, 1.165) is 26.1 Å². The van der Waals surface area contributed by atoms with Crippen molar-refractivity contribution in [3.8, 4) is 0 Å². The van der Waals surface area contributed by atoms with E-state index in [1.807, 2.05) is 34.6 Å². The first kappa shape index (κ1) is 16.8. The fourth-order valence-electron chi connectivity index (χ4n) is 1.56. The van der Waals surface area contributed by atoms with Crippen LogP contribution in [0.1, 0.15) is 47.5 Å². The summed E-state index contributed by atoms with van der Waals surface area (Å²) in [4.78, 5) is 11.7. The second-order valence-corrected chi connectivity index (χ2v) is 6.08. The molecule has 17 heavy (non-hydrogen) atoms. The van der Waals surface area contributed by atoms with Crippen molar-refractivity contribution in [1.82, 2.24) is 0 Å². The smallest absolute Gasteiger partial charge is 0.321 e. The van der Waals surface area contributed by atoms with Crippen LogP contribution in [0.15, 0.2) is 0 Å². The second-order valence-electron chi connectivity index (χ2n) is 4.16. The molecule has 1 rings (SSSR count). The molecule has 1 aliphatic rings. The van der Waals surface area contributed by atoms with Crippen molar-refractivity contribution in [2.24, 2.45) is 0 Å². The van der Waals surface area contributed by atoms with Crippen LogP contribution in [0.2, 0.25) is 0 Å². The van der Waals surface area contributed by atoms with Crippen molar-refractivity contribution >= 4 is 17.7 Å². The van der Waals surface area contributed by atoms with Crippen molar-refractivity contribution in [1.29, 1.82) is 0 Å². The molecule has 0 aliphatic carbocycles. The Bertz CT molecular complexity index is 211. The average molecular weight is 262 g/mol. The minimum atomic E-state index is -0.433. The van der Waals surface area contributed by atoms with Gasteiger partial charge in [-0.25, -0.2) is 0 Å². The monoisotopic (exact) mass is 262 g/mol. The number of ether oxygens (including phenoxy) is 2. The number of carbonyl (C=O) groups is 1. The van der Waals surface area contributed by atoms with E-state index in [9.17, 15) is 4.79 Å². The normalized spacial score (nSPS) is 17.0. The van der Waals surface area contributed by atoms with Crippen LogP contribution in [-0.2, 0) is 14.3 Å². The largest absolute Gasteiger partial charge is 0.465 e. The molecule has 1 heterocycles. The van der Waals surface area contributed by atoms with Crippen LogP contribution in [0.4, 0.5) is 0 Å². The Labute approximate surface area is 110 Å². The van der Waals surface area contributed by atoms with Gasteiger partial charge >= 0.3 is 5.97 Å². The molecule has 1 saturated heterocycles. The van der Waals surface area contributed by atoms with Crippen LogP contribution in [-0.4, -0.2) is 35.8 Å². The predicted octanol–water partition coefficient (Wildman–Crippen LogP) is 3.27. The fourth-order valence-corrected chi connectivity index (χ4v) is 2.98. The van der Waals surface area contributed by atoms with Crippen LogP contribution >= 0.6 is 11.8 Å². The maximum Gasteiger partial charge on any atom is 0.321 e. The first-order valence-corrected chi connectivity index (χ1v) is 7.37. The molecule has 0 aromatic carbocycles. The zero-order valence-corrected chi connectivity index (χ0v) is 12.6. The number of hydrogen-bond acceptors (Lipinski definition) is 4. The van der Waals surface area contributed by atoms with E-state index in [1.54, 1.807) is 11.8 Å². The van der Waals surface area contributed by atoms with E-state index in [0.29, 0.717) is 11.9 Å². The average Bonchev–Trinajstić information content (AvgIpc) is 2.32. The molecule has 102 valence electrons. The number of hydrogen-bond donors (Lipinski definition) is 0. The van der Waals surface area contributed by atoms with Gasteiger partial charge in [0.05, 0.1) is 6.61 Å². The third-order valence-corrected chi connectivity index (χ3v) is 3.96. The quantitative estimate of drug-likeness (QED) is 0.728. The molecule has 0 radical (unpaired) electrons. The fraction of sp³-hybridized carbons (Fsp3) is 0.923. The van der Waals surface area contributed by atoms with E-state index < -0.39 is 4.75 Å². The Morgan fingerprint density at radius 2 is 1.88 bits per heavy atom. The van der Waals surface area contributed by atoms with Gasteiger partial charge in [-0.1, -0.05) is 13.8 Å². The van der Waals surface area contributed by atoms with Gasteiger partial charge in [0.2, 0.25) is 0 Å². The van der Waals surface area contributed by atoms with Gasteiger partial charge in [0.1, 0.15) is 4.75 Å². The third-order valence-electron chi connectivity index (χ3n) is 2.40. The van der Waals surface area contributed by atoms with E-state index in [-0.39, 0.29) is 5.97 Å². The molecule has 0 bridgehead atoms. The second kappa shape index (κ2) is 8.81. The summed E-state index contributed by atoms with van der Waals surface area (Å²) in [6.45, 7) is 11.8. The summed E-state index contributed by atoms with van der Waals surface area (Å²) in [6, 6.07) is 0. The minimum absolute atomic E-state index is 0.110. The van der Waals surface area contributed by atoms with Gasteiger partial charge in [-0.3, -0.25) is 4.79 Å². The van der Waals surface area contributed by atoms with Crippen LogP contribution in [0.3, 0.4) is 0 Å². The number of thioether (sulfide) groups is 1. The molecular weight excluding hydrogens is 236 g/mol. The SMILES string of the molecule is CC.CCOC(=O)C(C)(C)SC1CCOCC1. The number of carbonyl (C=O) groups excluding carboxylic acids is 1. The van der Waals surface area contributed by atoms with Gasteiger partial charge < -0.3 is 9.47 Å². The molecule has 0 atom stereocenters. The molecule has 3 nitrogen and oxygen atoms in total. The Morgan fingerprint density at radius 1 is 1.35 bits per heavy atom. The summed E-state index contributed by atoms with van der Waals surface area (Å²) >= 11 is 1.72. The van der Waals surface area contributed by atoms with Gasteiger partial charge in [0.15, 0.2) is 0 Å². The van der Waals surface area contributed by atoms with Crippen LogP contribution in [0.25, 0.3) is 0 Å². The van der Waals surface area contributed by atoms with Crippen molar-refractivity contribution in [2.45, 2.75) is 57.5 Å². The highest BCUT2D eigenvalue weighted by Gasteiger charge is 2.33. The lowest BCUT2D eigenvalue weighted by Crippen LogP contribution is -2.34. The predicted molar refractivity (Wildman–Crippen MR) is 73.5 cm³/mol. The number of rotatable bonds is 4. The minimum Gasteiger partial charge on any atom is -0.465 e. The summed E-state index contributed by atoms with van der Waals surface area (Å²) < 4.78 is 9.92. The Balaban J connectivity index is 0.00000121. The molecular formula is C13H26O3S. The highest BCUT2D eigenvalue weighted by molar-refractivity contribution is 8.01. The van der Waals surface area contributed by atoms with Crippen molar-refractivity contribution in [3.63, 3.8) is 0 Å². The molecule has 1 aliphatic heterocycles. The third kappa shape index (κ3) is 6.32. The van der Waals surface area contributed by atoms with Crippen LogP contribution in [0.5, 0.6) is 0 Å². The van der Waals surface area contributed by atoms with Gasteiger partial charge in [-0.2, -0.15) is 0 Å². The zero-order valence-electron chi connectivity index (χ0n) is 11.7. The summed E-state index contributed by atoms with van der Waals surface area (Å²) in [5, 5.41) is 0.526. The molecule has 0 unspecified atom stereocenters. The van der Waals surface area contributed by atoms with E-state index in [2.05, 4.69) is 0 Å². The van der Waals surface area contributed by atoms with Crippen molar-refractivity contribution in [3.05, 3.63) is 0 Å². The van der Waals surface area contributed by atoms with E-state index in [1.165, 1.54) is 0 Å². The lowest BCUT2D eigenvalue weighted by Gasteiger charge is -2.29. The maximum absolute atomic E-state index is 11.7. The lowest BCUT2D eigenvalue weighted by molar-refractivity contribution is -0.145.